The van der Waals surface area contributed by atoms with Crippen molar-refractivity contribution in [1.82, 2.24) is 0 Å². The number of hydrogen-bond acceptors (Lipinski definition) is 3. The summed E-state index contributed by atoms with van der Waals surface area (Å²) in [5.41, 5.74) is 3.78. The van der Waals surface area contributed by atoms with E-state index in [2.05, 4.69) is 11.4 Å². The normalized spacial score (nSPS) is 11.0. The van der Waals surface area contributed by atoms with Gasteiger partial charge >= 0.3 is 0 Å². The molecule has 2 rings (SSSR count). The van der Waals surface area contributed by atoms with Gasteiger partial charge in [-0.2, -0.15) is 5.26 Å². The van der Waals surface area contributed by atoms with E-state index in [4.69, 9.17) is 5.11 Å². The van der Waals surface area contributed by atoms with Crippen LogP contribution in [0.4, 0.5) is 5.69 Å². The Hall–Kier alpha value is -2.57. The SMILES string of the molecule is N#C/C(=C\Nc1ccccc1)Cc1cccc(CCO)c1. The van der Waals surface area contributed by atoms with Crippen molar-refractivity contribution in [2.45, 2.75) is 12.8 Å². The maximum absolute atomic E-state index is 9.24. The standard InChI is InChI=1S/C18H18N2O/c19-13-17(14-20-18-7-2-1-3-8-18)12-16-6-4-5-15(11-16)9-10-21/h1-8,11,14,20-21H,9-10,12H2/b17-14-. The smallest absolute Gasteiger partial charge is 0.0965 e. The summed E-state index contributed by atoms with van der Waals surface area (Å²) >= 11 is 0. The summed E-state index contributed by atoms with van der Waals surface area (Å²) in [4.78, 5) is 0. The Morgan fingerprint density at radius 2 is 1.86 bits per heavy atom. The van der Waals surface area contributed by atoms with Crippen LogP contribution in [0.25, 0.3) is 0 Å². The van der Waals surface area contributed by atoms with Crippen molar-refractivity contribution in [3.63, 3.8) is 0 Å². The van der Waals surface area contributed by atoms with Gasteiger partial charge in [0.1, 0.15) is 0 Å². The van der Waals surface area contributed by atoms with Crippen LogP contribution in [-0.2, 0) is 12.8 Å². The van der Waals surface area contributed by atoms with Crippen LogP contribution < -0.4 is 5.32 Å². The van der Waals surface area contributed by atoms with Crippen molar-refractivity contribution in [2.24, 2.45) is 0 Å². The minimum atomic E-state index is 0.139. The van der Waals surface area contributed by atoms with Crippen LogP contribution in [0.2, 0.25) is 0 Å². The zero-order chi connectivity index (χ0) is 14.9. The van der Waals surface area contributed by atoms with E-state index in [0.29, 0.717) is 18.4 Å². The average molecular weight is 278 g/mol. The molecule has 0 amide bonds. The summed E-state index contributed by atoms with van der Waals surface area (Å²) in [5.74, 6) is 0. The topological polar surface area (TPSA) is 56.0 Å². The first-order valence-corrected chi connectivity index (χ1v) is 6.91. The number of nitrogens with one attached hydrogen (secondary N) is 1. The summed E-state index contributed by atoms with van der Waals surface area (Å²) in [7, 11) is 0. The molecule has 0 fully saturated rings. The first-order valence-electron chi connectivity index (χ1n) is 6.91. The molecular formula is C18H18N2O. The summed E-state index contributed by atoms with van der Waals surface area (Å²) in [5, 5.41) is 21.3. The molecule has 3 nitrogen and oxygen atoms in total. The molecule has 3 heteroatoms. The van der Waals surface area contributed by atoms with E-state index in [-0.39, 0.29) is 6.61 Å². The molecule has 0 aliphatic rings. The number of nitrogens with zero attached hydrogens (tertiary/aromatic N) is 1. The van der Waals surface area contributed by atoms with Crippen molar-refractivity contribution in [2.75, 3.05) is 11.9 Å². The predicted molar refractivity (Wildman–Crippen MR) is 84.7 cm³/mol. The Balaban J connectivity index is 2.05. The molecule has 106 valence electrons. The minimum absolute atomic E-state index is 0.139. The van der Waals surface area contributed by atoms with Crippen LogP contribution in [0.5, 0.6) is 0 Å². The van der Waals surface area contributed by atoms with Crippen LogP contribution in [0, 0.1) is 11.3 Å². The number of allylic oxidation sites excluding steroid dienone is 1. The second-order valence-corrected chi connectivity index (χ2v) is 4.76. The average Bonchev–Trinajstić information content (AvgIpc) is 2.53. The van der Waals surface area contributed by atoms with Crippen molar-refractivity contribution in [3.8, 4) is 6.07 Å². The number of nitriles is 1. The molecular weight excluding hydrogens is 260 g/mol. The molecule has 21 heavy (non-hydrogen) atoms. The minimum Gasteiger partial charge on any atom is -0.396 e. The maximum atomic E-state index is 9.24. The molecule has 0 saturated heterocycles. The molecule has 0 saturated carbocycles. The third kappa shape index (κ3) is 4.79. The van der Waals surface area contributed by atoms with E-state index < -0.39 is 0 Å². The number of benzene rings is 2. The zero-order valence-corrected chi connectivity index (χ0v) is 11.8. The summed E-state index contributed by atoms with van der Waals surface area (Å²) in [6.45, 7) is 0.139. The Morgan fingerprint density at radius 1 is 1.10 bits per heavy atom. The first kappa shape index (κ1) is 14.8. The Kier molecular flexibility index (Phi) is 5.57. The third-order valence-corrected chi connectivity index (χ3v) is 3.12. The Labute approximate surface area is 125 Å². The molecule has 0 radical (unpaired) electrons. The van der Waals surface area contributed by atoms with Crippen molar-refractivity contribution in [3.05, 3.63) is 77.5 Å². The Morgan fingerprint density at radius 3 is 2.57 bits per heavy atom. The predicted octanol–water partition coefficient (Wildman–Crippen LogP) is 3.28. The summed E-state index contributed by atoms with van der Waals surface area (Å²) < 4.78 is 0. The number of hydrogen-bond donors (Lipinski definition) is 2. The second-order valence-electron chi connectivity index (χ2n) is 4.76. The van der Waals surface area contributed by atoms with E-state index >= 15 is 0 Å². The fourth-order valence-corrected chi connectivity index (χ4v) is 2.07. The number of aliphatic hydroxyl groups excluding tert-OH is 1. The molecule has 0 aliphatic carbocycles. The summed E-state index contributed by atoms with van der Waals surface area (Å²) in [6.07, 6.45) is 2.96. The van der Waals surface area contributed by atoms with Gasteiger partial charge in [-0.15, -0.1) is 0 Å². The van der Waals surface area contributed by atoms with E-state index in [1.807, 2.05) is 54.6 Å². The van der Waals surface area contributed by atoms with Gasteiger partial charge in [0.25, 0.3) is 0 Å². The lowest BCUT2D eigenvalue weighted by molar-refractivity contribution is 0.299. The molecule has 0 aromatic heterocycles. The van der Waals surface area contributed by atoms with Crippen LogP contribution >= 0.6 is 0 Å². The molecule has 0 spiro atoms. The molecule has 2 aromatic carbocycles. The lowest BCUT2D eigenvalue weighted by Crippen LogP contribution is -1.96. The number of para-hydroxylation sites is 1. The van der Waals surface area contributed by atoms with Crippen molar-refractivity contribution < 1.29 is 5.11 Å². The molecule has 0 bridgehead atoms. The molecule has 2 aromatic rings. The fraction of sp³-hybridized carbons (Fsp3) is 0.167. The van der Waals surface area contributed by atoms with Gasteiger partial charge in [0.2, 0.25) is 0 Å². The molecule has 0 unspecified atom stereocenters. The first-order chi connectivity index (χ1) is 10.3. The van der Waals surface area contributed by atoms with Gasteiger partial charge in [0.15, 0.2) is 0 Å². The second kappa shape index (κ2) is 7.88. The van der Waals surface area contributed by atoms with Crippen LogP contribution in [0.15, 0.2) is 66.4 Å². The largest absolute Gasteiger partial charge is 0.396 e. The fourth-order valence-electron chi connectivity index (χ4n) is 2.07. The van der Waals surface area contributed by atoms with E-state index in [0.717, 1.165) is 16.8 Å². The monoisotopic (exact) mass is 278 g/mol. The molecule has 2 N–H and O–H groups in total. The van der Waals surface area contributed by atoms with E-state index in [9.17, 15) is 5.26 Å². The van der Waals surface area contributed by atoms with Gasteiger partial charge in [-0.25, -0.2) is 0 Å². The van der Waals surface area contributed by atoms with Crippen LogP contribution in [0.1, 0.15) is 11.1 Å². The maximum Gasteiger partial charge on any atom is 0.0965 e. The molecule has 0 atom stereocenters. The van der Waals surface area contributed by atoms with E-state index in [1.165, 1.54) is 0 Å². The number of rotatable bonds is 6. The summed E-state index contributed by atoms with van der Waals surface area (Å²) in [6, 6.07) is 19.9. The van der Waals surface area contributed by atoms with Gasteiger partial charge in [-0.05, 0) is 29.7 Å². The van der Waals surface area contributed by atoms with Crippen LogP contribution in [0.3, 0.4) is 0 Å². The van der Waals surface area contributed by atoms with E-state index in [1.54, 1.807) is 6.20 Å². The van der Waals surface area contributed by atoms with Crippen molar-refractivity contribution in [1.29, 1.82) is 5.26 Å². The van der Waals surface area contributed by atoms with Gasteiger partial charge in [-0.1, -0.05) is 42.5 Å². The van der Waals surface area contributed by atoms with Crippen molar-refractivity contribution >= 4 is 5.69 Å². The molecule has 0 aliphatic heterocycles. The van der Waals surface area contributed by atoms with Gasteiger partial charge in [0, 0.05) is 30.5 Å². The zero-order valence-electron chi connectivity index (χ0n) is 11.8. The molecule has 0 heterocycles. The Bertz CT molecular complexity index is 642. The van der Waals surface area contributed by atoms with Crippen LogP contribution in [-0.4, -0.2) is 11.7 Å². The highest BCUT2D eigenvalue weighted by molar-refractivity contribution is 5.47. The lowest BCUT2D eigenvalue weighted by atomic mass is 10.0. The number of anilines is 1. The highest BCUT2D eigenvalue weighted by Gasteiger charge is 2.01. The third-order valence-electron chi connectivity index (χ3n) is 3.12. The highest BCUT2D eigenvalue weighted by atomic mass is 16.2. The lowest BCUT2D eigenvalue weighted by Gasteiger charge is -2.05. The van der Waals surface area contributed by atoms with Gasteiger partial charge < -0.3 is 10.4 Å². The number of aliphatic hydroxyl groups is 1. The quantitative estimate of drug-likeness (QED) is 0.797. The van der Waals surface area contributed by atoms with Gasteiger partial charge in [-0.3, -0.25) is 0 Å². The highest BCUT2D eigenvalue weighted by Crippen LogP contribution is 2.12. The van der Waals surface area contributed by atoms with Gasteiger partial charge in [0.05, 0.1) is 6.07 Å².